The molecular formula is C17H20N4O3. The molecule has 126 valence electrons. The number of aromatic amines is 1. The second-order valence-electron chi connectivity index (χ2n) is 6.15. The van der Waals surface area contributed by atoms with Gasteiger partial charge >= 0.3 is 6.03 Å². The summed E-state index contributed by atoms with van der Waals surface area (Å²) in [6, 6.07) is 7.25. The molecule has 1 aliphatic rings. The Morgan fingerprint density at radius 3 is 2.75 bits per heavy atom. The van der Waals surface area contributed by atoms with Crippen molar-refractivity contribution in [2.45, 2.75) is 38.6 Å². The van der Waals surface area contributed by atoms with E-state index in [0.29, 0.717) is 12.8 Å². The van der Waals surface area contributed by atoms with Crippen LogP contribution in [0.4, 0.5) is 4.79 Å². The minimum Gasteiger partial charge on any atom is -0.361 e. The number of hydrogen-bond acceptors (Lipinski definition) is 3. The van der Waals surface area contributed by atoms with Crippen molar-refractivity contribution >= 4 is 28.7 Å². The van der Waals surface area contributed by atoms with Crippen molar-refractivity contribution < 1.29 is 14.4 Å². The molecular weight excluding hydrogens is 308 g/mol. The lowest BCUT2D eigenvalue weighted by Crippen LogP contribution is -2.48. The highest BCUT2D eigenvalue weighted by molar-refractivity contribution is 6.07. The summed E-state index contributed by atoms with van der Waals surface area (Å²) in [5, 5.41) is 4.44. The number of amides is 4. The van der Waals surface area contributed by atoms with Crippen molar-refractivity contribution in [3.63, 3.8) is 0 Å². The zero-order valence-electron chi connectivity index (χ0n) is 13.7. The number of urea groups is 1. The molecule has 1 aliphatic heterocycles. The van der Waals surface area contributed by atoms with Crippen LogP contribution < -0.4 is 10.7 Å². The molecule has 0 bridgehead atoms. The Morgan fingerprint density at radius 2 is 2.04 bits per heavy atom. The number of hydrazine groups is 1. The van der Waals surface area contributed by atoms with Crippen LogP contribution >= 0.6 is 0 Å². The third-order valence-electron chi connectivity index (χ3n) is 4.50. The van der Waals surface area contributed by atoms with E-state index in [-0.39, 0.29) is 12.3 Å². The fourth-order valence-corrected chi connectivity index (χ4v) is 2.79. The van der Waals surface area contributed by atoms with E-state index < -0.39 is 17.5 Å². The Hall–Kier alpha value is -2.83. The highest BCUT2D eigenvalue weighted by Crippen LogP contribution is 2.20. The predicted octanol–water partition coefficient (Wildman–Crippen LogP) is 1.85. The van der Waals surface area contributed by atoms with Gasteiger partial charge in [0.25, 0.3) is 5.91 Å². The fourth-order valence-electron chi connectivity index (χ4n) is 2.79. The van der Waals surface area contributed by atoms with Crippen LogP contribution in [0, 0.1) is 0 Å². The average molecular weight is 328 g/mol. The number of aromatic nitrogens is 1. The third kappa shape index (κ3) is 2.73. The molecule has 1 aromatic carbocycles. The van der Waals surface area contributed by atoms with Crippen molar-refractivity contribution in [1.82, 2.24) is 20.7 Å². The van der Waals surface area contributed by atoms with Crippen molar-refractivity contribution in [1.29, 1.82) is 0 Å². The second-order valence-corrected chi connectivity index (χ2v) is 6.15. The number of H-pyrrole nitrogens is 1. The number of carbonyl (C=O) groups is 3. The molecule has 24 heavy (non-hydrogen) atoms. The smallest absolute Gasteiger partial charge is 0.344 e. The summed E-state index contributed by atoms with van der Waals surface area (Å²) in [5.41, 5.74) is 3.48. The molecule has 0 spiro atoms. The molecule has 0 aliphatic carbocycles. The van der Waals surface area contributed by atoms with Crippen molar-refractivity contribution in [3.05, 3.63) is 36.0 Å². The molecule has 1 saturated heterocycles. The molecule has 7 nitrogen and oxygen atoms in total. The Bertz CT molecular complexity index is 813. The van der Waals surface area contributed by atoms with E-state index in [1.54, 1.807) is 13.8 Å². The number of fused-ring (bicyclic) bond motifs is 1. The predicted molar refractivity (Wildman–Crippen MR) is 88.8 cm³/mol. The molecule has 1 aromatic heterocycles. The van der Waals surface area contributed by atoms with Gasteiger partial charge in [0.05, 0.1) is 0 Å². The van der Waals surface area contributed by atoms with Gasteiger partial charge in [-0.05, 0) is 31.4 Å². The third-order valence-corrected chi connectivity index (χ3v) is 4.50. The van der Waals surface area contributed by atoms with Gasteiger partial charge in [-0.15, -0.1) is 0 Å². The Labute approximate surface area is 139 Å². The molecule has 0 saturated carbocycles. The SMILES string of the molecule is CCC1(C)NC(=O)N(NC(=O)CCc2c[nH]c3ccccc23)C1=O. The van der Waals surface area contributed by atoms with Crippen molar-refractivity contribution in [2.75, 3.05) is 0 Å². The van der Waals surface area contributed by atoms with Crippen LogP contribution in [0.3, 0.4) is 0 Å². The summed E-state index contributed by atoms with van der Waals surface area (Å²) < 4.78 is 0. The molecule has 3 N–H and O–H groups in total. The first-order valence-corrected chi connectivity index (χ1v) is 7.96. The van der Waals surface area contributed by atoms with E-state index in [2.05, 4.69) is 15.7 Å². The molecule has 1 atom stereocenters. The number of nitrogens with one attached hydrogen (secondary N) is 3. The van der Waals surface area contributed by atoms with Crippen molar-refractivity contribution in [3.8, 4) is 0 Å². The van der Waals surface area contributed by atoms with Gasteiger partial charge in [0.2, 0.25) is 5.91 Å². The van der Waals surface area contributed by atoms with Gasteiger partial charge in [-0.25, -0.2) is 4.79 Å². The molecule has 1 fully saturated rings. The number of aryl methyl sites for hydroxylation is 1. The first-order chi connectivity index (χ1) is 11.4. The summed E-state index contributed by atoms with van der Waals surface area (Å²) in [6.45, 7) is 3.45. The van der Waals surface area contributed by atoms with Crippen LogP contribution in [0.5, 0.6) is 0 Å². The van der Waals surface area contributed by atoms with E-state index in [0.717, 1.165) is 21.5 Å². The average Bonchev–Trinajstić information content (AvgIpc) is 3.08. The maximum atomic E-state index is 12.2. The molecule has 1 unspecified atom stereocenters. The molecule has 7 heteroatoms. The zero-order chi connectivity index (χ0) is 17.3. The number of imide groups is 1. The molecule has 2 heterocycles. The van der Waals surface area contributed by atoms with Gasteiger partial charge in [0, 0.05) is 23.5 Å². The Morgan fingerprint density at radius 1 is 1.29 bits per heavy atom. The number of carbonyl (C=O) groups excluding carboxylic acids is 3. The zero-order valence-corrected chi connectivity index (χ0v) is 13.7. The number of nitrogens with zero attached hydrogens (tertiary/aromatic N) is 1. The van der Waals surface area contributed by atoms with Gasteiger partial charge in [-0.3, -0.25) is 15.0 Å². The monoisotopic (exact) mass is 328 g/mol. The number of rotatable bonds is 5. The molecule has 3 rings (SSSR count). The van der Waals surface area contributed by atoms with Crippen LogP contribution in [0.15, 0.2) is 30.5 Å². The standard InChI is InChI=1S/C17H20N4O3/c1-3-17(2)15(23)21(16(24)19-17)20-14(22)9-8-11-10-18-13-7-5-4-6-12(11)13/h4-7,10,18H,3,8-9H2,1-2H3,(H,19,24)(H,20,22). The quantitative estimate of drug-likeness (QED) is 0.731. The number of benzene rings is 1. The summed E-state index contributed by atoms with van der Waals surface area (Å²) in [5.74, 6) is -0.806. The summed E-state index contributed by atoms with van der Waals surface area (Å²) in [4.78, 5) is 39.4. The normalized spacial score (nSPS) is 20.5. The van der Waals surface area contributed by atoms with E-state index >= 15 is 0 Å². The van der Waals surface area contributed by atoms with Gasteiger partial charge < -0.3 is 10.3 Å². The minimum absolute atomic E-state index is 0.182. The lowest BCUT2D eigenvalue weighted by atomic mass is 10.00. The molecule has 2 aromatic rings. The summed E-state index contributed by atoms with van der Waals surface area (Å²) in [7, 11) is 0. The Kier molecular flexibility index (Phi) is 4.01. The lowest BCUT2D eigenvalue weighted by molar-refractivity contribution is -0.138. The van der Waals surface area contributed by atoms with Gasteiger partial charge in [-0.2, -0.15) is 5.01 Å². The first kappa shape index (κ1) is 16.0. The van der Waals surface area contributed by atoms with Gasteiger partial charge in [0.1, 0.15) is 5.54 Å². The van der Waals surface area contributed by atoms with Crippen molar-refractivity contribution in [2.24, 2.45) is 0 Å². The largest absolute Gasteiger partial charge is 0.361 e. The number of hydrogen-bond donors (Lipinski definition) is 3. The van der Waals surface area contributed by atoms with Gasteiger partial charge in [0.15, 0.2) is 0 Å². The van der Waals surface area contributed by atoms with E-state index in [1.807, 2.05) is 30.5 Å². The topological polar surface area (TPSA) is 94.3 Å². The highest BCUT2D eigenvalue weighted by Gasteiger charge is 2.47. The minimum atomic E-state index is -0.957. The highest BCUT2D eigenvalue weighted by atomic mass is 16.2. The van der Waals surface area contributed by atoms with E-state index in [9.17, 15) is 14.4 Å². The van der Waals surface area contributed by atoms with Gasteiger partial charge in [-0.1, -0.05) is 25.1 Å². The summed E-state index contributed by atoms with van der Waals surface area (Å²) in [6.07, 6.45) is 3.03. The van der Waals surface area contributed by atoms with Crippen LogP contribution in [0.25, 0.3) is 10.9 Å². The first-order valence-electron chi connectivity index (χ1n) is 7.96. The molecule has 4 amide bonds. The van der Waals surface area contributed by atoms with Crippen LogP contribution in [0.2, 0.25) is 0 Å². The van der Waals surface area contributed by atoms with Crippen LogP contribution in [0.1, 0.15) is 32.3 Å². The second kappa shape index (κ2) is 5.99. The lowest BCUT2D eigenvalue weighted by Gasteiger charge is -2.19. The molecule has 0 radical (unpaired) electrons. The Balaban J connectivity index is 1.62. The van der Waals surface area contributed by atoms with E-state index in [4.69, 9.17) is 0 Å². The van der Waals surface area contributed by atoms with Crippen LogP contribution in [-0.2, 0) is 16.0 Å². The maximum absolute atomic E-state index is 12.2. The fraction of sp³-hybridized carbons (Fsp3) is 0.353. The summed E-state index contributed by atoms with van der Waals surface area (Å²) >= 11 is 0. The van der Waals surface area contributed by atoms with E-state index in [1.165, 1.54) is 0 Å². The maximum Gasteiger partial charge on any atom is 0.344 e. The number of para-hydroxylation sites is 1. The van der Waals surface area contributed by atoms with Crippen LogP contribution in [-0.4, -0.2) is 33.4 Å².